The molecule has 0 saturated heterocycles. The van der Waals surface area contributed by atoms with E-state index in [2.05, 4.69) is 14.5 Å². The SMILES string of the molecule is CC(CC(=O)OC(C)(C)C)ON=C(C#N)c1nsc(N)n1. The first-order chi connectivity index (χ1) is 9.71. The number of ether oxygens (including phenoxy) is 1. The maximum absolute atomic E-state index is 11.6. The Morgan fingerprint density at radius 1 is 1.57 bits per heavy atom. The molecule has 1 unspecified atom stereocenters. The predicted octanol–water partition coefficient (Wildman–Crippen LogP) is 1.48. The Labute approximate surface area is 126 Å². The number of anilines is 1. The molecule has 0 aliphatic heterocycles. The average Bonchev–Trinajstić information content (AvgIpc) is 2.74. The van der Waals surface area contributed by atoms with E-state index in [1.165, 1.54) is 0 Å². The number of esters is 1. The minimum absolute atomic E-state index is 0.0200. The lowest BCUT2D eigenvalue weighted by atomic mass is 10.2. The lowest BCUT2D eigenvalue weighted by Gasteiger charge is -2.20. The number of carbonyl (C=O) groups is 1. The molecule has 0 aliphatic carbocycles. The molecule has 0 aromatic carbocycles. The monoisotopic (exact) mass is 311 g/mol. The summed E-state index contributed by atoms with van der Waals surface area (Å²) in [5, 5.41) is 12.8. The molecule has 0 amide bonds. The molecule has 0 fully saturated rings. The number of nitriles is 1. The fraction of sp³-hybridized carbons (Fsp3) is 0.583. The number of hydrogen-bond donors (Lipinski definition) is 1. The Hall–Kier alpha value is -2.21. The molecule has 2 N–H and O–H groups in total. The van der Waals surface area contributed by atoms with Crippen molar-refractivity contribution in [2.75, 3.05) is 5.73 Å². The molecule has 0 saturated carbocycles. The Kier molecular flexibility index (Phi) is 5.60. The smallest absolute Gasteiger partial charge is 0.310 e. The van der Waals surface area contributed by atoms with Crippen LogP contribution in [0.5, 0.6) is 0 Å². The third kappa shape index (κ3) is 6.18. The molecule has 1 aromatic rings. The molecule has 8 nitrogen and oxygen atoms in total. The summed E-state index contributed by atoms with van der Waals surface area (Å²) in [6.45, 7) is 6.98. The minimum Gasteiger partial charge on any atom is -0.460 e. The van der Waals surface area contributed by atoms with Crippen LogP contribution in [-0.4, -0.2) is 32.7 Å². The van der Waals surface area contributed by atoms with Crippen LogP contribution < -0.4 is 5.73 Å². The molecular formula is C12H17N5O3S. The summed E-state index contributed by atoms with van der Waals surface area (Å²) in [5.74, 6) is -0.302. The van der Waals surface area contributed by atoms with Crippen LogP contribution in [0, 0.1) is 11.3 Å². The molecule has 1 atom stereocenters. The third-order valence-electron chi connectivity index (χ3n) is 1.96. The Balaban J connectivity index is 2.58. The van der Waals surface area contributed by atoms with E-state index in [4.69, 9.17) is 20.6 Å². The van der Waals surface area contributed by atoms with Gasteiger partial charge in [0.05, 0.1) is 6.42 Å². The van der Waals surface area contributed by atoms with Crippen LogP contribution in [0.4, 0.5) is 5.13 Å². The molecule has 114 valence electrons. The molecule has 0 radical (unpaired) electrons. The summed E-state index contributed by atoms with van der Waals surface area (Å²) in [6, 6.07) is 1.81. The number of carbonyl (C=O) groups excluding carboxylic acids is 1. The van der Waals surface area contributed by atoms with Crippen molar-refractivity contribution in [2.45, 2.75) is 45.8 Å². The van der Waals surface area contributed by atoms with Crippen molar-refractivity contribution in [1.29, 1.82) is 5.26 Å². The lowest BCUT2D eigenvalue weighted by Crippen LogP contribution is -2.26. The van der Waals surface area contributed by atoms with Crippen LogP contribution in [0.1, 0.15) is 39.9 Å². The van der Waals surface area contributed by atoms with Gasteiger partial charge in [0, 0.05) is 11.5 Å². The highest BCUT2D eigenvalue weighted by molar-refractivity contribution is 7.09. The van der Waals surface area contributed by atoms with Gasteiger partial charge >= 0.3 is 5.97 Å². The van der Waals surface area contributed by atoms with Gasteiger partial charge in [-0.25, -0.2) is 0 Å². The number of nitrogens with zero attached hydrogens (tertiary/aromatic N) is 4. The first-order valence-corrected chi connectivity index (χ1v) is 6.94. The summed E-state index contributed by atoms with van der Waals surface area (Å²) in [6.07, 6.45) is -0.522. The Morgan fingerprint density at radius 2 is 2.24 bits per heavy atom. The molecule has 0 spiro atoms. The first-order valence-electron chi connectivity index (χ1n) is 6.16. The molecule has 1 heterocycles. The summed E-state index contributed by atoms with van der Waals surface area (Å²) in [7, 11) is 0. The van der Waals surface area contributed by atoms with E-state index in [9.17, 15) is 4.79 Å². The summed E-state index contributed by atoms with van der Waals surface area (Å²) >= 11 is 0.954. The van der Waals surface area contributed by atoms with Crippen molar-refractivity contribution in [2.24, 2.45) is 5.16 Å². The number of hydrogen-bond acceptors (Lipinski definition) is 9. The highest BCUT2D eigenvalue weighted by Gasteiger charge is 2.19. The van der Waals surface area contributed by atoms with Crippen LogP contribution in [0.3, 0.4) is 0 Å². The van der Waals surface area contributed by atoms with E-state index in [1.54, 1.807) is 27.7 Å². The Morgan fingerprint density at radius 3 is 2.71 bits per heavy atom. The average molecular weight is 311 g/mol. The highest BCUT2D eigenvalue weighted by atomic mass is 32.1. The van der Waals surface area contributed by atoms with E-state index in [0.29, 0.717) is 0 Å². The van der Waals surface area contributed by atoms with E-state index < -0.39 is 17.7 Å². The number of nitrogens with two attached hydrogens (primary N) is 1. The van der Waals surface area contributed by atoms with Crippen LogP contribution in [0.25, 0.3) is 0 Å². The third-order valence-corrected chi connectivity index (χ3v) is 2.50. The van der Waals surface area contributed by atoms with Gasteiger partial charge in [0.15, 0.2) is 5.13 Å². The minimum atomic E-state index is -0.556. The molecule has 1 rings (SSSR count). The van der Waals surface area contributed by atoms with Gasteiger partial charge in [-0.1, -0.05) is 5.16 Å². The molecule has 9 heteroatoms. The summed E-state index contributed by atoms with van der Waals surface area (Å²) in [5.41, 5.74) is 4.78. The Bertz CT molecular complexity index is 570. The van der Waals surface area contributed by atoms with Crippen LogP contribution >= 0.6 is 11.5 Å². The van der Waals surface area contributed by atoms with Crippen LogP contribution in [0.2, 0.25) is 0 Å². The molecule has 1 aromatic heterocycles. The molecule has 21 heavy (non-hydrogen) atoms. The molecular weight excluding hydrogens is 294 g/mol. The maximum atomic E-state index is 11.6. The second-order valence-electron chi connectivity index (χ2n) is 5.21. The van der Waals surface area contributed by atoms with E-state index >= 15 is 0 Å². The van der Waals surface area contributed by atoms with Gasteiger partial charge in [-0.05, 0) is 27.7 Å². The van der Waals surface area contributed by atoms with Crippen molar-refractivity contribution in [1.82, 2.24) is 9.36 Å². The first kappa shape index (κ1) is 16.8. The zero-order valence-electron chi connectivity index (χ0n) is 12.3. The number of aromatic nitrogens is 2. The van der Waals surface area contributed by atoms with Gasteiger partial charge in [-0.15, -0.1) is 0 Å². The topological polar surface area (TPSA) is 123 Å². The van der Waals surface area contributed by atoms with Crippen molar-refractivity contribution in [3.8, 4) is 6.07 Å². The quantitative estimate of drug-likeness (QED) is 0.496. The van der Waals surface area contributed by atoms with Gasteiger partial charge in [0.1, 0.15) is 17.8 Å². The maximum Gasteiger partial charge on any atom is 0.310 e. The van der Waals surface area contributed by atoms with Crippen LogP contribution in [0.15, 0.2) is 5.16 Å². The highest BCUT2D eigenvalue weighted by Crippen LogP contribution is 2.11. The van der Waals surface area contributed by atoms with Gasteiger partial charge < -0.3 is 15.3 Å². The lowest BCUT2D eigenvalue weighted by molar-refractivity contribution is -0.157. The van der Waals surface area contributed by atoms with Crippen molar-refractivity contribution in [3.05, 3.63) is 5.82 Å². The molecule has 0 bridgehead atoms. The predicted molar refractivity (Wildman–Crippen MR) is 77.5 cm³/mol. The second kappa shape index (κ2) is 6.99. The van der Waals surface area contributed by atoms with Gasteiger partial charge in [-0.3, -0.25) is 4.79 Å². The van der Waals surface area contributed by atoms with Gasteiger partial charge in [0.2, 0.25) is 11.5 Å². The number of oxime groups is 1. The standard InChI is InChI=1S/C12H17N5O3S/c1-7(5-9(18)19-12(2,3)4)20-16-8(6-13)10-15-11(14)21-17-10/h7H,5H2,1-4H3,(H2,14,15,17). The normalized spacial score (nSPS) is 13.4. The number of nitrogen functional groups attached to an aromatic ring is 1. The fourth-order valence-corrected chi connectivity index (χ4v) is 1.68. The zero-order chi connectivity index (χ0) is 16.0. The largest absolute Gasteiger partial charge is 0.460 e. The zero-order valence-corrected chi connectivity index (χ0v) is 13.1. The van der Waals surface area contributed by atoms with Crippen molar-refractivity contribution < 1.29 is 14.4 Å². The van der Waals surface area contributed by atoms with Gasteiger partial charge in [-0.2, -0.15) is 14.6 Å². The summed E-state index contributed by atoms with van der Waals surface area (Å²) in [4.78, 5) is 20.5. The summed E-state index contributed by atoms with van der Waals surface area (Å²) < 4.78 is 9.01. The van der Waals surface area contributed by atoms with Crippen LogP contribution in [-0.2, 0) is 14.4 Å². The fourth-order valence-electron chi connectivity index (χ4n) is 1.24. The van der Waals surface area contributed by atoms with E-state index in [-0.39, 0.29) is 23.1 Å². The van der Waals surface area contributed by atoms with Crippen molar-refractivity contribution in [3.63, 3.8) is 0 Å². The molecule has 0 aliphatic rings. The number of rotatable bonds is 5. The van der Waals surface area contributed by atoms with E-state index in [0.717, 1.165) is 11.5 Å². The van der Waals surface area contributed by atoms with E-state index in [1.807, 2.05) is 6.07 Å². The van der Waals surface area contributed by atoms with Crippen molar-refractivity contribution >= 4 is 28.3 Å². The van der Waals surface area contributed by atoms with Gasteiger partial charge in [0.25, 0.3) is 0 Å². The second-order valence-corrected chi connectivity index (χ2v) is 6.00.